The zero-order valence-electron chi connectivity index (χ0n) is 9.87. The molecule has 1 amide bonds. The highest BCUT2D eigenvalue weighted by molar-refractivity contribution is 7.44. The zero-order chi connectivity index (χ0) is 14.8. The van der Waals surface area contributed by atoms with Gasteiger partial charge in [0.05, 0.1) is 6.61 Å². The second-order valence-corrected chi connectivity index (χ2v) is 5.23. The van der Waals surface area contributed by atoms with E-state index in [1.165, 1.54) is 0 Å². The van der Waals surface area contributed by atoms with Crippen LogP contribution < -0.4 is 10.2 Å². The number of aliphatic hydroxyl groups is 3. The smallest absolute Gasteiger partial charge is 0.265 e. The molecular weight excluding hydrogens is 285 g/mol. The van der Waals surface area contributed by atoms with Crippen molar-refractivity contribution in [3.8, 4) is 0 Å². The van der Waals surface area contributed by atoms with Crippen LogP contribution in [-0.4, -0.2) is 63.4 Å². The minimum absolute atomic E-state index is 0.562. The van der Waals surface area contributed by atoms with Gasteiger partial charge in [0.2, 0.25) is 5.91 Å². The maximum atomic E-state index is 10.8. The van der Waals surface area contributed by atoms with Gasteiger partial charge in [-0.15, -0.1) is 0 Å². The quantitative estimate of drug-likeness (QED) is 0.329. The van der Waals surface area contributed by atoms with Crippen LogP contribution in [0.5, 0.6) is 0 Å². The Labute approximate surface area is 108 Å². The summed E-state index contributed by atoms with van der Waals surface area (Å²) in [5.41, 5.74) is 0. The van der Waals surface area contributed by atoms with Gasteiger partial charge in [-0.2, -0.15) is 0 Å². The summed E-state index contributed by atoms with van der Waals surface area (Å²) in [7, 11) is -5.01. The number of nitrogens with one attached hydrogen (secondary N) is 1. The average molecular weight is 300 g/mol. The SMILES string of the molecule is CC(=O)N[C@H]1C(O)O[C@H](COP(=O)([O-])O)[C@@H](O)[C@@H]1O. The van der Waals surface area contributed by atoms with Crippen molar-refractivity contribution in [1.82, 2.24) is 5.32 Å². The van der Waals surface area contributed by atoms with Gasteiger partial charge >= 0.3 is 0 Å². The predicted molar refractivity (Wildman–Crippen MR) is 56.3 cm³/mol. The van der Waals surface area contributed by atoms with E-state index in [0.717, 1.165) is 6.92 Å². The first-order valence-electron chi connectivity index (χ1n) is 5.27. The fourth-order valence-corrected chi connectivity index (χ4v) is 1.98. The molecule has 0 spiro atoms. The molecule has 0 radical (unpaired) electrons. The number of rotatable bonds is 4. The number of phosphoric ester groups is 1. The van der Waals surface area contributed by atoms with Gasteiger partial charge in [-0.05, 0) is 0 Å². The molecule has 6 atom stereocenters. The van der Waals surface area contributed by atoms with Crippen LogP contribution in [-0.2, 0) is 18.6 Å². The molecule has 1 heterocycles. The highest BCUT2D eigenvalue weighted by Crippen LogP contribution is 2.32. The van der Waals surface area contributed by atoms with Crippen LogP contribution in [0.2, 0.25) is 0 Å². The van der Waals surface area contributed by atoms with Crippen LogP contribution in [0.15, 0.2) is 0 Å². The first kappa shape index (κ1) is 16.5. The number of amides is 1. The third-order valence-electron chi connectivity index (χ3n) is 2.49. The first-order valence-corrected chi connectivity index (χ1v) is 6.76. The lowest BCUT2D eigenvalue weighted by atomic mass is 9.97. The molecule has 0 aromatic rings. The van der Waals surface area contributed by atoms with E-state index >= 15 is 0 Å². The predicted octanol–water partition coefficient (Wildman–Crippen LogP) is -3.59. The topological polar surface area (TPSA) is 169 Å². The van der Waals surface area contributed by atoms with Crippen molar-refractivity contribution in [2.75, 3.05) is 6.61 Å². The third-order valence-corrected chi connectivity index (χ3v) is 2.97. The molecule has 1 aliphatic rings. The van der Waals surface area contributed by atoms with E-state index in [0.29, 0.717) is 0 Å². The van der Waals surface area contributed by atoms with Crippen LogP contribution in [0.3, 0.4) is 0 Å². The van der Waals surface area contributed by atoms with Crippen LogP contribution in [0.25, 0.3) is 0 Å². The van der Waals surface area contributed by atoms with E-state index in [1.807, 2.05) is 0 Å². The highest BCUT2D eigenvalue weighted by atomic mass is 31.2. The van der Waals surface area contributed by atoms with Gasteiger partial charge in [-0.25, -0.2) is 0 Å². The summed E-state index contributed by atoms with van der Waals surface area (Å²) >= 11 is 0. The van der Waals surface area contributed by atoms with Crippen molar-refractivity contribution in [1.29, 1.82) is 0 Å². The van der Waals surface area contributed by atoms with Crippen LogP contribution in [0.1, 0.15) is 6.92 Å². The van der Waals surface area contributed by atoms with Gasteiger partial charge in [0.25, 0.3) is 7.82 Å². The van der Waals surface area contributed by atoms with E-state index in [2.05, 4.69) is 9.84 Å². The normalized spacial score (nSPS) is 38.5. The molecule has 1 saturated heterocycles. The third kappa shape index (κ3) is 4.79. The Morgan fingerprint density at radius 3 is 2.47 bits per heavy atom. The molecule has 11 heteroatoms. The number of phosphoric acid groups is 1. The molecule has 1 rings (SSSR count). The van der Waals surface area contributed by atoms with Crippen molar-refractivity contribution < 1.29 is 43.7 Å². The van der Waals surface area contributed by atoms with Crippen molar-refractivity contribution in [3.05, 3.63) is 0 Å². The maximum Gasteiger partial charge on any atom is 0.265 e. The molecule has 2 unspecified atom stereocenters. The van der Waals surface area contributed by atoms with Gasteiger partial charge < -0.3 is 39.7 Å². The second kappa shape index (κ2) is 6.25. The molecule has 0 aliphatic carbocycles. The lowest BCUT2D eigenvalue weighted by Crippen LogP contribution is -2.64. The number of aliphatic hydroxyl groups excluding tert-OH is 3. The lowest BCUT2D eigenvalue weighted by Gasteiger charge is -2.40. The van der Waals surface area contributed by atoms with Gasteiger partial charge in [0.15, 0.2) is 6.29 Å². The number of carbonyl (C=O) groups is 1. The second-order valence-electron chi connectivity index (χ2n) is 4.04. The van der Waals surface area contributed by atoms with E-state index in [4.69, 9.17) is 9.63 Å². The lowest BCUT2D eigenvalue weighted by molar-refractivity contribution is -0.261. The molecule has 0 saturated carbocycles. The average Bonchev–Trinajstić information content (AvgIpc) is 2.26. The standard InChI is InChI=1S/C8H16NO9P/c1-3(10)9-5-7(12)6(11)4(18-8(5)13)2-17-19(14,15)16/h4-8,11-13H,2H2,1H3,(H,9,10)(H2,14,15,16)/p-1/t4-,5-,6-,7-,8?/m1/s1. The van der Waals surface area contributed by atoms with Crippen molar-refractivity contribution in [3.63, 3.8) is 0 Å². The van der Waals surface area contributed by atoms with Crippen molar-refractivity contribution in [2.45, 2.75) is 37.6 Å². The molecule has 5 N–H and O–H groups in total. The minimum atomic E-state index is -5.01. The van der Waals surface area contributed by atoms with Crippen LogP contribution in [0, 0.1) is 0 Å². The Kier molecular flexibility index (Phi) is 5.42. The van der Waals surface area contributed by atoms with E-state index < -0.39 is 51.0 Å². The van der Waals surface area contributed by atoms with Gasteiger partial charge in [0.1, 0.15) is 24.4 Å². The number of carbonyl (C=O) groups excluding carboxylic acids is 1. The summed E-state index contributed by atoms with van der Waals surface area (Å²) in [6.07, 6.45) is -6.26. The Hall–Kier alpha value is -0.580. The summed E-state index contributed by atoms with van der Waals surface area (Å²) in [6.45, 7) is 0.347. The maximum absolute atomic E-state index is 10.8. The molecule has 1 aliphatic heterocycles. The first-order chi connectivity index (χ1) is 8.61. The molecule has 1 fully saturated rings. The van der Waals surface area contributed by atoms with E-state index in [1.54, 1.807) is 0 Å². The molecular formula is C8H15NO9P-. The zero-order valence-corrected chi connectivity index (χ0v) is 10.8. The molecule has 0 aromatic carbocycles. The highest BCUT2D eigenvalue weighted by Gasteiger charge is 2.44. The summed E-state index contributed by atoms with van der Waals surface area (Å²) in [5.74, 6) is -0.562. The summed E-state index contributed by atoms with van der Waals surface area (Å²) in [4.78, 5) is 29.6. The molecule has 10 nitrogen and oxygen atoms in total. The number of hydrogen-bond donors (Lipinski definition) is 5. The molecule has 0 bridgehead atoms. The fourth-order valence-electron chi connectivity index (χ4n) is 1.64. The van der Waals surface area contributed by atoms with Gasteiger partial charge in [-0.3, -0.25) is 9.36 Å². The molecule has 112 valence electrons. The van der Waals surface area contributed by atoms with E-state index in [-0.39, 0.29) is 0 Å². The van der Waals surface area contributed by atoms with E-state index in [9.17, 15) is 29.6 Å². The number of hydrogen-bond acceptors (Lipinski definition) is 8. The summed E-state index contributed by atoms with van der Waals surface area (Å²) in [6, 6.07) is -1.27. The minimum Gasteiger partial charge on any atom is -0.756 e. The Bertz CT molecular complexity index is 371. The largest absolute Gasteiger partial charge is 0.756 e. The monoisotopic (exact) mass is 300 g/mol. The van der Waals surface area contributed by atoms with Gasteiger partial charge in [-0.1, -0.05) is 0 Å². The Morgan fingerprint density at radius 1 is 1.42 bits per heavy atom. The Balaban J connectivity index is 2.66. The molecule has 0 aromatic heterocycles. The molecule has 19 heavy (non-hydrogen) atoms. The fraction of sp³-hybridized carbons (Fsp3) is 0.875. The summed E-state index contributed by atoms with van der Waals surface area (Å²) in [5, 5.41) is 31.0. The van der Waals surface area contributed by atoms with Gasteiger partial charge in [0, 0.05) is 6.92 Å². The Morgan fingerprint density at radius 2 is 2.00 bits per heavy atom. The van der Waals surface area contributed by atoms with Crippen molar-refractivity contribution in [2.24, 2.45) is 0 Å². The van der Waals surface area contributed by atoms with Crippen LogP contribution in [0.4, 0.5) is 0 Å². The van der Waals surface area contributed by atoms with Crippen molar-refractivity contribution >= 4 is 13.7 Å². The summed E-state index contributed by atoms with van der Waals surface area (Å²) < 4.78 is 19.2. The van der Waals surface area contributed by atoms with Crippen LogP contribution >= 0.6 is 7.82 Å². The number of ether oxygens (including phenoxy) is 1.